The van der Waals surface area contributed by atoms with Crippen LogP contribution >= 0.6 is 11.6 Å². The quantitative estimate of drug-likeness (QED) is 0.562. The molecule has 32 heavy (non-hydrogen) atoms. The molecule has 0 bridgehead atoms. The third-order valence-electron chi connectivity index (χ3n) is 5.34. The van der Waals surface area contributed by atoms with Gasteiger partial charge in [-0.2, -0.15) is 10.2 Å². The molecular weight excluding hydrogens is 450 g/mol. The molecule has 0 aliphatic carbocycles. The fraction of sp³-hybridized carbons (Fsp3) is 0.273. The number of nitrogens with zero attached hydrogens (tertiary/aromatic N) is 5. The summed E-state index contributed by atoms with van der Waals surface area (Å²) in [5, 5.41) is 10.3. The number of anilines is 2. The van der Waals surface area contributed by atoms with Gasteiger partial charge in [-0.05, 0) is 42.5 Å². The molecule has 0 amide bonds. The molecule has 1 fully saturated rings. The summed E-state index contributed by atoms with van der Waals surface area (Å²) < 4.78 is 31.6. The van der Waals surface area contributed by atoms with Crippen LogP contribution in [0, 0.1) is 11.3 Å². The highest BCUT2D eigenvalue weighted by Gasteiger charge is 2.25. The van der Waals surface area contributed by atoms with Gasteiger partial charge >= 0.3 is 0 Å². The first-order chi connectivity index (χ1) is 15.3. The fourth-order valence-corrected chi connectivity index (χ4v) is 4.63. The van der Waals surface area contributed by atoms with Gasteiger partial charge in [-0.25, -0.2) is 12.7 Å². The Morgan fingerprint density at radius 1 is 1.06 bits per heavy atom. The van der Waals surface area contributed by atoms with Crippen LogP contribution in [-0.4, -0.2) is 58.0 Å². The topological polar surface area (TPSA) is 93.7 Å². The first-order valence-corrected chi connectivity index (χ1v) is 11.8. The molecule has 0 atom stereocenters. The zero-order valence-electron chi connectivity index (χ0n) is 17.7. The molecule has 8 nitrogen and oxygen atoms in total. The molecule has 10 heteroatoms. The van der Waals surface area contributed by atoms with Crippen LogP contribution in [0.5, 0.6) is 0 Å². The lowest BCUT2D eigenvalue weighted by atomic mass is 10.2. The summed E-state index contributed by atoms with van der Waals surface area (Å²) in [7, 11) is -0.561. The summed E-state index contributed by atoms with van der Waals surface area (Å²) in [5.74, 6) is 0.709. The Morgan fingerprint density at radius 2 is 1.72 bits per heavy atom. The smallest absolute Gasteiger partial charge is 0.242 e. The molecule has 2 aromatic carbocycles. The monoisotopic (exact) mass is 471 g/mol. The first kappa shape index (κ1) is 22.1. The summed E-state index contributed by atoms with van der Waals surface area (Å²) in [4.78, 5) is 8.74. The molecule has 4 rings (SSSR count). The van der Waals surface area contributed by atoms with Crippen LogP contribution in [0.3, 0.4) is 0 Å². The number of nitriles is 1. The molecule has 166 valence electrons. The number of benzene rings is 2. The molecular formula is C22H22ClN5O3S. The highest BCUT2D eigenvalue weighted by Crippen LogP contribution is 2.30. The number of hydrogen-bond donors (Lipinski definition) is 0. The summed E-state index contributed by atoms with van der Waals surface area (Å²) in [6.07, 6.45) is 0. The maximum atomic E-state index is 12.3. The molecule has 0 radical (unpaired) electrons. The lowest BCUT2D eigenvalue weighted by Gasteiger charge is -2.35. The van der Waals surface area contributed by atoms with E-state index in [9.17, 15) is 13.7 Å². The number of oxazole rings is 1. The van der Waals surface area contributed by atoms with Gasteiger partial charge in [0.1, 0.15) is 6.07 Å². The average Bonchev–Trinajstić information content (AvgIpc) is 3.24. The van der Waals surface area contributed by atoms with Gasteiger partial charge in [0.05, 0.1) is 4.90 Å². The van der Waals surface area contributed by atoms with E-state index in [-0.39, 0.29) is 16.5 Å². The number of aromatic nitrogens is 1. The Labute approximate surface area is 192 Å². The SMILES string of the molecule is CN(C)S(=O)(=O)c1ccc(-c2nc(C#N)c(N3CCN(c4cccc(Cl)c4)CC3)o2)cc1. The van der Waals surface area contributed by atoms with Gasteiger partial charge in [-0.1, -0.05) is 17.7 Å². The van der Waals surface area contributed by atoms with Crippen LogP contribution in [-0.2, 0) is 10.0 Å². The minimum absolute atomic E-state index is 0.177. The van der Waals surface area contributed by atoms with E-state index in [0.717, 1.165) is 23.1 Å². The Kier molecular flexibility index (Phi) is 6.11. The van der Waals surface area contributed by atoms with Gasteiger partial charge in [0, 0.05) is 56.5 Å². The Hall–Kier alpha value is -3.06. The van der Waals surface area contributed by atoms with Crippen molar-refractivity contribution in [3.8, 4) is 17.5 Å². The van der Waals surface area contributed by atoms with Gasteiger partial charge < -0.3 is 14.2 Å². The van der Waals surface area contributed by atoms with Crippen molar-refractivity contribution in [3.05, 3.63) is 59.2 Å². The molecule has 1 aliphatic heterocycles. The van der Waals surface area contributed by atoms with Crippen molar-refractivity contribution < 1.29 is 12.8 Å². The van der Waals surface area contributed by atoms with Gasteiger partial charge in [-0.15, -0.1) is 0 Å². The second kappa shape index (κ2) is 8.82. The number of sulfonamides is 1. The van der Waals surface area contributed by atoms with E-state index in [1.807, 2.05) is 29.2 Å². The maximum absolute atomic E-state index is 12.3. The Morgan fingerprint density at radius 3 is 2.31 bits per heavy atom. The van der Waals surface area contributed by atoms with Crippen molar-refractivity contribution in [2.75, 3.05) is 50.1 Å². The normalized spacial score (nSPS) is 14.6. The Balaban J connectivity index is 1.53. The van der Waals surface area contributed by atoms with Gasteiger partial charge in [0.25, 0.3) is 0 Å². The van der Waals surface area contributed by atoms with Crippen molar-refractivity contribution in [2.24, 2.45) is 0 Å². The second-order valence-corrected chi connectivity index (χ2v) is 10.1. The summed E-state index contributed by atoms with van der Waals surface area (Å²) in [5.41, 5.74) is 1.87. The van der Waals surface area contributed by atoms with E-state index in [1.54, 1.807) is 12.1 Å². The zero-order valence-corrected chi connectivity index (χ0v) is 19.3. The molecule has 1 saturated heterocycles. The van der Waals surface area contributed by atoms with E-state index >= 15 is 0 Å². The highest BCUT2D eigenvalue weighted by atomic mass is 35.5. The number of hydrogen-bond acceptors (Lipinski definition) is 7. The van der Waals surface area contributed by atoms with Gasteiger partial charge in [-0.3, -0.25) is 0 Å². The van der Waals surface area contributed by atoms with E-state index in [1.165, 1.54) is 26.2 Å². The van der Waals surface area contributed by atoms with Crippen LogP contribution in [0.15, 0.2) is 57.8 Å². The number of piperazine rings is 1. The van der Waals surface area contributed by atoms with Gasteiger partial charge in [0.2, 0.25) is 27.5 Å². The van der Waals surface area contributed by atoms with Crippen molar-refractivity contribution >= 4 is 33.2 Å². The van der Waals surface area contributed by atoms with E-state index < -0.39 is 10.0 Å². The molecule has 0 spiro atoms. The van der Waals surface area contributed by atoms with Crippen LogP contribution in [0.1, 0.15) is 5.69 Å². The third kappa shape index (κ3) is 4.30. The summed E-state index contributed by atoms with van der Waals surface area (Å²) in [6.45, 7) is 2.82. The highest BCUT2D eigenvalue weighted by molar-refractivity contribution is 7.89. The van der Waals surface area contributed by atoms with Crippen molar-refractivity contribution in [1.29, 1.82) is 5.26 Å². The maximum Gasteiger partial charge on any atom is 0.242 e. The first-order valence-electron chi connectivity index (χ1n) is 9.99. The van der Waals surface area contributed by atoms with E-state index in [0.29, 0.717) is 29.6 Å². The Bertz CT molecular complexity index is 1260. The lowest BCUT2D eigenvalue weighted by molar-refractivity contribution is 0.520. The minimum Gasteiger partial charge on any atom is -0.419 e. The fourth-order valence-electron chi connectivity index (χ4n) is 3.54. The van der Waals surface area contributed by atoms with Crippen LogP contribution in [0.2, 0.25) is 5.02 Å². The zero-order chi connectivity index (χ0) is 22.9. The second-order valence-electron chi connectivity index (χ2n) is 7.55. The van der Waals surface area contributed by atoms with Crippen molar-refractivity contribution in [1.82, 2.24) is 9.29 Å². The molecule has 0 N–H and O–H groups in total. The summed E-state index contributed by atoms with van der Waals surface area (Å²) in [6, 6.07) is 16.1. The molecule has 0 unspecified atom stereocenters. The van der Waals surface area contributed by atoms with E-state index in [2.05, 4.69) is 16.0 Å². The van der Waals surface area contributed by atoms with E-state index in [4.69, 9.17) is 16.0 Å². The minimum atomic E-state index is -3.52. The lowest BCUT2D eigenvalue weighted by Crippen LogP contribution is -2.46. The predicted molar refractivity (Wildman–Crippen MR) is 123 cm³/mol. The van der Waals surface area contributed by atoms with Crippen LogP contribution in [0.25, 0.3) is 11.5 Å². The molecule has 1 aliphatic rings. The number of rotatable bonds is 5. The molecule has 1 aromatic heterocycles. The van der Waals surface area contributed by atoms with Crippen molar-refractivity contribution in [3.63, 3.8) is 0 Å². The number of halogens is 1. The van der Waals surface area contributed by atoms with Gasteiger partial charge in [0.15, 0.2) is 0 Å². The molecule has 2 heterocycles. The third-order valence-corrected chi connectivity index (χ3v) is 7.40. The summed E-state index contributed by atoms with van der Waals surface area (Å²) >= 11 is 6.11. The predicted octanol–water partition coefficient (Wildman–Crippen LogP) is 3.44. The average molecular weight is 472 g/mol. The van der Waals surface area contributed by atoms with Crippen molar-refractivity contribution in [2.45, 2.75) is 4.90 Å². The molecule has 0 saturated carbocycles. The van der Waals surface area contributed by atoms with Crippen LogP contribution < -0.4 is 9.80 Å². The standard InChI is InChI=1S/C22H22ClN5O3S/c1-26(2)32(29,30)19-8-6-16(7-9-19)21-25-20(15-24)22(31-21)28-12-10-27(11-13-28)18-5-3-4-17(23)14-18/h3-9,14H,10-13H2,1-2H3. The molecule has 3 aromatic rings. The van der Waals surface area contributed by atoms with Crippen LogP contribution in [0.4, 0.5) is 11.6 Å². The largest absolute Gasteiger partial charge is 0.419 e.